The molecule has 1 aromatic rings. The van der Waals surface area contributed by atoms with Gasteiger partial charge in [0.1, 0.15) is 0 Å². The van der Waals surface area contributed by atoms with Crippen LogP contribution < -0.4 is 0 Å². The molecule has 0 unspecified atom stereocenters. The molecule has 32 heavy (non-hydrogen) atoms. The molecule has 152 valence electrons. The maximum absolute atomic E-state index is 4.91. The zero-order valence-electron chi connectivity index (χ0n) is 16.6. The third kappa shape index (κ3) is 3.66. The fourth-order valence-electron chi connectivity index (χ4n) is 3.82. The Balaban J connectivity index is 1.53. The first kappa shape index (κ1) is 19.5. The molecule has 0 spiro atoms. The van der Waals surface area contributed by atoms with Gasteiger partial charge in [0.05, 0.1) is 45.6 Å². The van der Waals surface area contributed by atoms with Gasteiger partial charge in [-0.15, -0.1) is 0 Å². The molecule has 0 aliphatic carbocycles. The predicted octanol–water partition coefficient (Wildman–Crippen LogP) is 6.63. The minimum Gasteiger partial charge on any atom is -0.249 e. The summed E-state index contributed by atoms with van der Waals surface area (Å²) >= 11 is 7.33. The lowest BCUT2D eigenvalue weighted by atomic mass is 10.0. The number of rotatable bonds is 1. The van der Waals surface area contributed by atoms with E-state index in [1.54, 1.807) is 0 Å². The first-order chi connectivity index (χ1) is 15.6. The second-order valence-corrected chi connectivity index (χ2v) is 9.19. The Morgan fingerprint density at radius 2 is 1.09 bits per heavy atom. The van der Waals surface area contributed by atoms with E-state index < -0.39 is 0 Å². The number of halogens is 2. The fourth-order valence-corrected chi connectivity index (χ4v) is 4.67. The van der Waals surface area contributed by atoms with Crippen LogP contribution in [0.4, 0.5) is 0 Å². The van der Waals surface area contributed by atoms with E-state index >= 15 is 0 Å². The molecule has 0 amide bonds. The summed E-state index contributed by atoms with van der Waals surface area (Å²) in [4.78, 5) is 19.0. The van der Waals surface area contributed by atoms with Crippen molar-refractivity contribution in [2.75, 3.05) is 0 Å². The second kappa shape index (κ2) is 7.73. The van der Waals surface area contributed by atoms with E-state index in [9.17, 15) is 0 Å². The molecule has 5 aliphatic heterocycles. The maximum atomic E-state index is 4.91. The van der Waals surface area contributed by atoms with Crippen LogP contribution in [0.5, 0.6) is 0 Å². The Hall–Kier alpha value is -3.22. The second-order valence-electron chi connectivity index (χ2n) is 7.54. The van der Waals surface area contributed by atoms with Gasteiger partial charge in [-0.2, -0.15) is 0 Å². The van der Waals surface area contributed by atoms with E-state index in [0.717, 1.165) is 65.7 Å². The highest BCUT2D eigenvalue weighted by Crippen LogP contribution is 2.36. The molecule has 5 heterocycles. The molecule has 0 radical (unpaired) electrons. The zero-order valence-corrected chi connectivity index (χ0v) is 19.8. The first-order valence-electron chi connectivity index (χ1n) is 10.0. The van der Waals surface area contributed by atoms with E-state index in [2.05, 4.69) is 49.0 Å². The van der Waals surface area contributed by atoms with Gasteiger partial charge < -0.3 is 0 Å². The summed E-state index contributed by atoms with van der Waals surface area (Å²) in [5, 5.41) is 0. The van der Waals surface area contributed by atoms with Gasteiger partial charge in [-0.1, -0.05) is 12.1 Å². The van der Waals surface area contributed by atoms with Crippen LogP contribution >= 0.6 is 31.9 Å². The highest BCUT2D eigenvalue weighted by molar-refractivity contribution is 9.13. The third-order valence-electron chi connectivity index (χ3n) is 5.28. The summed E-state index contributed by atoms with van der Waals surface area (Å²) in [6.45, 7) is 0. The molecule has 0 atom stereocenters. The molecule has 8 bridgehead atoms. The summed E-state index contributed by atoms with van der Waals surface area (Å²) in [5.41, 5.74) is 9.00. The molecule has 1 aromatic carbocycles. The Labute approximate surface area is 202 Å². The van der Waals surface area contributed by atoms with Gasteiger partial charge in [0.2, 0.25) is 0 Å². The van der Waals surface area contributed by atoms with Crippen molar-refractivity contribution in [2.24, 2.45) is 20.0 Å². The monoisotopic (exact) mass is 540 g/mol. The van der Waals surface area contributed by atoms with Crippen LogP contribution in [0.1, 0.15) is 5.56 Å². The van der Waals surface area contributed by atoms with Crippen LogP contribution in [0.25, 0.3) is 5.57 Å². The number of fused-ring (bicyclic) bond motifs is 4. The quantitative estimate of drug-likeness (QED) is 0.383. The normalized spacial score (nSPS) is 20.2. The lowest BCUT2D eigenvalue weighted by Gasteiger charge is -2.08. The van der Waals surface area contributed by atoms with Crippen molar-refractivity contribution in [1.29, 1.82) is 0 Å². The topological polar surface area (TPSA) is 49.4 Å². The molecule has 0 N–H and O–H groups in total. The molecule has 6 rings (SSSR count). The molecule has 5 aliphatic rings. The first-order valence-corrected chi connectivity index (χ1v) is 11.6. The summed E-state index contributed by atoms with van der Waals surface area (Å²) in [6.07, 6.45) is 22.0. The van der Waals surface area contributed by atoms with Gasteiger partial charge in [0, 0.05) is 14.5 Å². The van der Waals surface area contributed by atoms with E-state index in [0.29, 0.717) is 0 Å². The van der Waals surface area contributed by atoms with Crippen LogP contribution in [0.3, 0.4) is 0 Å². The predicted molar refractivity (Wildman–Crippen MR) is 139 cm³/mol. The lowest BCUT2D eigenvalue weighted by Crippen LogP contribution is -1.97. The number of nitrogens with zero attached hydrogens (tertiary/aromatic N) is 4. The Morgan fingerprint density at radius 3 is 1.72 bits per heavy atom. The van der Waals surface area contributed by atoms with Crippen molar-refractivity contribution in [3.63, 3.8) is 0 Å². The van der Waals surface area contributed by atoms with E-state index in [-0.39, 0.29) is 0 Å². The molecule has 4 nitrogen and oxygen atoms in total. The molecular weight excluding hydrogens is 528 g/mol. The average Bonchev–Trinajstić information content (AvgIpc) is 3.55. The minimum atomic E-state index is 0.849. The lowest BCUT2D eigenvalue weighted by molar-refractivity contribution is 1.41. The largest absolute Gasteiger partial charge is 0.249 e. The highest BCUT2D eigenvalue weighted by atomic mass is 79.9. The molecule has 0 aromatic heterocycles. The van der Waals surface area contributed by atoms with Crippen LogP contribution in [0.15, 0.2) is 137 Å². The molecular formula is C26H14Br2N4. The number of aliphatic imine (C=N–C) groups is 4. The van der Waals surface area contributed by atoms with Crippen molar-refractivity contribution in [1.82, 2.24) is 0 Å². The fraction of sp³-hybridized carbons (Fsp3) is 0. The Morgan fingerprint density at radius 1 is 0.531 bits per heavy atom. The van der Waals surface area contributed by atoms with Crippen LogP contribution in [-0.4, -0.2) is 22.8 Å². The van der Waals surface area contributed by atoms with Gasteiger partial charge >= 0.3 is 0 Å². The van der Waals surface area contributed by atoms with Gasteiger partial charge in [-0.05, 0) is 110 Å². The SMILES string of the molecule is Brc1cccc(C2=CC3=CC4=NC(=CC5=NC(=CC6=NC(=CC2=N3)C=C6)C=C5)C=C4)c1Br. The average molecular weight is 542 g/mol. The number of hydrogen-bond donors (Lipinski definition) is 0. The van der Waals surface area contributed by atoms with Crippen molar-refractivity contribution >= 4 is 60.3 Å². The Bertz CT molecular complexity index is 1460. The van der Waals surface area contributed by atoms with Crippen molar-refractivity contribution in [2.45, 2.75) is 0 Å². The molecule has 0 saturated carbocycles. The summed E-state index contributed by atoms with van der Waals surface area (Å²) in [5.74, 6) is 0. The number of allylic oxidation sites excluding steroid dienone is 12. The standard InChI is InChI=1S/C26H14Br2N4/c27-24-3-1-2-22(26(24)28)23-13-21-12-19-7-6-17(30-19)10-15-4-5-16(29-15)11-18-8-9-20(31-18)14-25(23)32-21/h1-14H. The zero-order chi connectivity index (χ0) is 21.7. The number of benzene rings is 1. The molecule has 6 heteroatoms. The minimum absolute atomic E-state index is 0.849. The summed E-state index contributed by atoms with van der Waals surface area (Å²) in [7, 11) is 0. The van der Waals surface area contributed by atoms with Crippen molar-refractivity contribution < 1.29 is 0 Å². The van der Waals surface area contributed by atoms with Gasteiger partial charge in [0.25, 0.3) is 0 Å². The highest BCUT2D eigenvalue weighted by Gasteiger charge is 2.20. The smallest absolute Gasteiger partial charge is 0.0737 e. The van der Waals surface area contributed by atoms with Gasteiger partial charge in [0.15, 0.2) is 0 Å². The summed E-state index contributed by atoms with van der Waals surface area (Å²) < 4.78 is 1.99. The summed E-state index contributed by atoms with van der Waals surface area (Å²) in [6, 6.07) is 6.12. The van der Waals surface area contributed by atoms with Gasteiger partial charge in [-0.3, -0.25) is 0 Å². The molecule has 0 saturated heterocycles. The third-order valence-corrected chi connectivity index (χ3v) is 7.33. The molecule has 0 fully saturated rings. The van der Waals surface area contributed by atoms with Crippen molar-refractivity contribution in [3.05, 3.63) is 122 Å². The van der Waals surface area contributed by atoms with E-state index in [1.165, 1.54) is 0 Å². The Kier molecular flexibility index (Phi) is 4.70. The van der Waals surface area contributed by atoms with Crippen LogP contribution in [0, 0.1) is 0 Å². The van der Waals surface area contributed by atoms with Crippen molar-refractivity contribution in [3.8, 4) is 0 Å². The van der Waals surface area contributed by atoms with Gasteiger partial charge in [-0.25, -0.2) is 20.0 Å². The number of hydrogen-bond acceptors (Lipinski definition) is 4. The van der Waals surface area contributed by atoms with E-state index in [1.807, 2.05) is 72.9 Å². The van der Waals surface area contributed by atoms with E-state index in [4.69, 9.17) is 15.0 Å². The maximum Gasteiger partial charge on any atom is 0.0737 e. The van der Waals surface area contributed by atoms with Crippen LogP contribution in [0.2, 0.25) is 0 Å². The van der Waals surface area contributed by atoms with Crippen LogP contribution in [-0.2, 0) is 0 Å².